The van der Waals surface area contributed by atoms with Gasteiger partial charge in [-0.25, -0.2) is 17.8 Å². The van der Waals surface area contributed by atoms with Crippen molar-refractivity contribution in [2.75, 3.05) is 31.3 Å². The molecule has 2 aromatic carbocycles. The summed E-state index contributed by atoms with van der Waals surface area (Å²) in [6.45, 7) is -0.0432. The monoisotopic (exact) mass is 557 g/mol. The molecule has 0 radical (unpaired) electrons. The van der Waals surface area contributed by atoms with Crippen molar-refractivity contribution in [1.82, 2.24) is 10.3 Å². The fraction of sp³-hybridized carbons (Fsp3) is 0.259. The summed E-state index contributed by atoms with van der Waals surface area (Å²) < 4.78 is 45.9. The number of nitrogens with one attached hydrogen (secondary N) is 1. The van der Waals surface area contributed by atoms with Crippen molar-refractivity contribution in [1.29, 1.82) is 0 Å². The van der Waals surface area contributed by atoms with E-state index in [4.69, 9.17) is 16.0 Å². The highest BCUT2D eigenvalue weighted by Crippen LogP contribution is 2.50. The maximum atomic E-state index is 13.6. The second kappa shape index (κ2) is 9.37. The van der Waals surface area contributed by atoms with Crippen LogP contribution in [-0.4, -0.2) is 51.4 Å². The van der Waals surface area contributed by atoms with Crippen molar-refractivity contribution in [2.24, 2.45) is 0 Å². The summed E-state index contributed by atoms with van der Waals surface area (Å²) in [4.78, 5) is 17.6. The molecule has 0 aliphatic heterocycles. The fourth-order valence-electron chi connectivity index (χ4n) is 4.57. The van der Waals surface area contributed by atoms with Crippen LogP contribution in [0.2, 0.25) is 5.15 Å². The first-order chi connectivity index (χ1) is 18.0. The largest absolute Gasteiger partial charge is 0.455 e. The number of benzene rings is 2. The van der Waals surface area contributed by atoms with E-state index in [9.17, 15) is 22.7 Å². The Balaban J connectivity index is 1.78. The van der Waals surface area contributed by atoms with E-state index in [0.29, 0.717) is 22.2 Å². The fourth-order valence-corrected chi connectivity index (χ4v) is 5.44. The number of halogens is 2. The van der Waals surface area contributed by atoms with Gasteiger partial charge in [0.2, 0.25) is 10.0 Å². The van der Waals surface area contributed by atoms with Crippen LogP contribution in [0.4, 0.5) is 10.1 Å². The summed E-state index contributed by atoms with van der Waals surface area (Å²) >= 11 is 6.56. The Morgan fingerprint density at radius 1 is 1.21 bits per heavy atom. The highest BCUT2D eigenvalue weighted by atomic mass is 35.5. The predicted molar refractivity (Wildman–Crippen MR) is 144 cm³/mol. The maximum absolute atomic E-state index is 13.6. The van der Waals surface area contributed by atoms with E-state index in [1.807, 2.05) is 0 Å². The van der Waals surface area contributed by atoms with Gasteiger partial charge in [-0.05, 0) is 54.8 Å². The number of amides is 1. The molecule has 1 saturated carbocycles. The van der Waals surface area contributed by atoms with Crippen molar-refractivity contribution in [3.8, 4) is 22.6 Å². The Kier molecular flexibility index (Phi) is 6.45. The molecule has 2 aromatic heterocycles. The number of pyridine rings is 1. The van der Waals surface area contributed by atoms with Crippen LogP contribution in [0.5, 0.6) is 0 Å². The number of anilines is 1. The van der Waals surface area contributed by atoms with E-state index in [2.05, 4.69) is 10.3 Å². The molecule has 38 heavy (non-hydrogen) atoms. The lowest BCUT2D eigenvalue weighted by molar-refractivity contribution is 0.0964. The van der Waals surface area contributed by atoms with Crippen LogP contribution in [0.3, 0.4) is 0 Å². The highest BCUT2D eigenvalue weighted by molar-refractivity contribution is 7.92. The van der Waals surface area contributed by atoms with Gasteiger partial charge in [-0.3, -0.25) is 9.10 Å². The molecule has 0 saturated heterocycles. The minimum atomic E-state index is -3.69. The molecule has 5 rings (SSSR count). The molecule has 0 spiro atoms. The number of hydrogen-bond acceptors (Lipinski definition) is 6. The van der Waals surface area contributed by atoms with Gasteiger partial charge in [-0.2, -0.15) is 0 Å². The van der Waals surface area contributed by atoms with Gasteiger partial charge in [-0.15, -0.1) is 0 Å². The smallest absolute Gasteiger partial charge is 0.255 e. The maximum Gasteiger partial charge on any atom is 0.255 e. The zero-order valence-electron chi connectivity index (χ0n) is 20.9. The Labute approximate surface area is 224 Å². The van der Waals surface area contributed by atoms with Crippen LogP contribution in [-0.2, 0) is 15.4 Å². The van der Waals surface area contributed by atoms with E-state index < -0.39 is 27.2 Å². The van der Waals surface area contributed by atoms with Crippen molar-refractivity contribution >= 4 is 44.2 Å². The lowest BCUT2D eigenvalue weighted by Crippen LogP contribution is -2.25. The van der Waals surface area contributed by atoms with E-state index in [1.54, 1.807) is 18.2 Å². The van der Waals surface area contributed by atoms with E-state index >= 15 is 0 Å². The first kappa shape index (κ1) is 26.1. The van der Waals surface area contributed by atoms with Gasteiger partial charge in [0.25, 0.3) is 5.91 Å². The topological polar surface area (TPSA) is 113 Å². The average Bonchev–Trinajstić information content (AvgIpc) is 3.60. The summed E-state index contributed by atoms with van der Waals surface area (Å²) in [5.41, 5.74) is 2.34. The third kappa shape index (κ3) is 4.42. The second-order valence-electron chi connectivity index (χ2n) is 9.46. The van der Waals surface area contributed by atoms with Crippen LogP contribution < -0.4 is 9.62 Å². The number of aliphatic hydroxyl groups is 1. The molecule has 198 valence electrons. The van der Waals surface area contributed by atoms with Crippen molar-refractivity contribution < 1.29 is 27.1 Å². The van der Waals surface area contributed by atoms with E-state index in [-0.39, 0.29) is 34.4 Å². The molecule has 4 aromatic rings. The molecule has 1 aliphatic carbocycles. The summed E-state index contributed by atoms with van der Waals surface area (Å²) in [5.74, 6) is -0.658. The zero-order chi connectivity index (χ0) is 27.4. The van der Waals surface area contributed by atoms with Crippen LogP contribution in [0, 0.1) is 5.82 Å². The molecule has 0 atom stereocenters. The number of fused-ring (bicyclic) bond motifs is 1. The van der Waals surface area contributed by atoms with Crippen molar-refractivity contribution in [2.45, 2.75) is 18.3 Å². The Hall–Kier alpha value is -3.47. The van der Waals surface area contributed by atoms with Crippen LogP contribution >= 0.6 is 11.6 Å². The number of aromatic nitrogens is 1. The zero-order valence-corrected chi connectivity index (χ0v) is 22.5. The number of aliphatic hydroxyl groups excluding tert-OH is 1. The van der Waals surface area contributed by atoms with Gasteiger partial charge in [0.15, 0.2) is 0 Å². The predicted octanol–water partition coefficient (Wildman–Crippen LogP) is 4.73. The SMILES string of the molecule is CNC(=O)c1c(-c2ccc(F)cc2)oc2cc(N(C)S(C)(=O)=O)c(-c3ccc(C4(CO)CC4)c(Cl)n3)cc12. The molecule has 0 unspecified atom stereocenters. The van der Waals surface area contributed by atoms with Gasteiger partial charge in [0.05, 0.1) is 29.8 Å². The first-order valence-corrected chi connectivity index (χ1v) is 14.0. The summed E-state index contributed by atoms with van der Waals surface area (Å²) in [6.07, 6.45) is 2.68. The number of hydrogen-bond donors (Lipinski definition) is 2. The lowest BCUT2D eigenvalue weighted by Gasteiger charge is -2.21. The molecule has 1 fully saturated rings. The molecule has 0 bridgehead atoms. The molecule has 1 amide bonds. The van der Waals surface area contributed by atoms with Crippen LogP contribution in [0.1, 0.15) is 28.8 Å². The van der Waals surface area contributed by atoms with Gasteiger partial charge >= 0.3 is 0 Å². The number of furan rings is 1. The van der Waals surface area contributed by atoms with Crippen molar-refractivity contribution in [3.05, 3.63) is 70.6 Å². The number of sulfonamides is 1. The molecule has 2 heterocycles. The van der Waals surface area contributed by atoms with Gasteiger partial charge in [0.1, 0.15) is 22.3 Å². The second-order valence-corrected chi connectivity index (χ2v) is 11.8. The number of nitrogens with zero attached hydrogens (tertiary/aromatic N) is 2. The Morgan fingerprint density at radius 3 is 2.45 bits per heavy atom. The number of carbonyl (C=O) groups is 1. The minimum absolute atomic E-state index is 0.0432. The highest BCUT2D eigenvalue weighted by Gasteiger charge is 2.45. The summed E-state index contributed by atoms with van der Waals surface area (Å²) in [5, 5.41) is 13.1. The first-order valence-electron chi connectivity index (χ1n) is 11.8. The summed E-state index contributed by atoms with van der Waals surface area (Å²) in [7, 11) is -0.804. The van der Waals surface area contributed by atoms with Gasteiger partial charge in [-0.1, -0.05) is 17.7 Å². The average molecular weight is 558 g/mol. The van der Waals surface area contributed by atoms with E-state index in [1.165, 1.54) is 44.4 Å². The third-order valence-corrected chi connectivity index (χ3v) is 8.54. The molecule has 11 heteroatoms. The van der Waals surface area contributed by atoms with Crippen LogP contribution in [0.15, 0.2) is 52.9 Å². The van der Waals surface area contributed by atoms with Crippen LogP contribution in [0.25, 0.3) is 33.6 Å². The van der Waals surface area contributed by atoms with E-state index in [0.717, 1.165) is 29.0 Å². The molecule has 8 nitrogen and oxygen atoms in total. The molecule has 2 N–H and O–H groups in total. The molecular weight excluding hydrogens is 533 g/mol. The molecular formula is C27H25ClFN3O5S. The van der Waals surface area contributed by atoms with Crippen molar-refractivity contribution in [3.63, 3.8) is 0 Å². The normalized spacial score (nSPS) is 14.5. The van der Waals surface area contributed by atoms with Gasteiger partial charge in [0, 0.05) is 42.1 Å². The number of rotatable bonds is 7. The quantitative estimate of drug-likeness (QED) is 0.318. The minimum Gasteiger partial charge on any atom is -0.455 e. The standard InChI is InChI=1S/C27H25ClFN3O5S/c1-30-26(34)23-18-12-17(20-9-8-19(25(28)31-20)27(14-33)10-11-27)21(32(2)38(3,35)36)13-22(18)37-24(23)15-4-6-16(29)7-5-15/h4-9,12-13,33H,10-11,14H2,1-3H3,(H,30,34). The lowest BCUT2D eigenvalue weighted by atomic mass is 9.97. The third-order valence-electron chi connectivity index (χ3n) is 7.06. The van der Waals surface area contributed by atoms with Gasteiger partial charge < -0.3 is 14.8 Å². The number of carbonyl (C=O) groups excluding carboxylic acids is 1. The Bertz CT molecular complexity index is 1680. The molecule has 1 aliphatic rings. The Morgan fingerprint density at radius 2 is 1.89 bits per heavy atom. The summed E-state index contributed by atoms with van der Waals surface area (Å²) in [6, 6.07) is 12.2.